The molecule has 0 spiro atoms. The minimum Gasteiger partial charge on any atom is -0.481 e. The molecule has 246 valence electrons. The fraction of sp³-hybridized carbons (Fsp3) is 0.344. The number of aromatic nitrogens is 1. The Labute approximate surface area is 278 Å². The summed E-state index contributed by atoms with van der Waals surface area (Å²) in [5, 5.41) is 15.3. The molecule has 4 heterocycles. The lowest BCUT2D eigenvalue weighted by atomic mass is 9.84. The lowest BCUT2D eigenvalue weighted by Crippen LogP contribution is -2.53. The number of hydrogen-bond acceptors (Lipinski definition) is 9. The number of carbonyl (C=O) groups excluding carboxylic acids is 2. The van der Waals surface area contributed by atoms with Crippen LogP contribution in [0, 0.1) is 11.6 Å². The van der Waals surface area contributed by atoms with Crippen molar-refractivity contribution in [2.75, 3.05) is 44.7 Å². The molecule has 3 aromatic rings. The van der Waals surface area contributed by atoms with Crippen molar-refractivity contribution < 1.29 is 33.0 Å². The number of esters is 1. The van der Waals surface area contributed by atoms with E-state index in [4.69, 9.17) is 21.3 Å². The van der Waals surface area contributed by atoms with Crippen LogP contribution in [0.25, 0.3) is 0 Å². The number of anilines is 1. The highest BCUT2D eigenvalue weighted by atomic mass is 35.5. The first-order valence-electron chi connectivity index (χ1n) is 14.7. The van der Waals surface area contributed by atoms with E-state index in [-0.39, 0.29) is 47.0 Å². The predicted octanol–water partition coefficient (Wildman–Crippen LogP) is 4.58. The maximum atomic E-state index is 15.3. The van der Waals surface area contributed by atoms with Gasteiger partial charge in [0.2, 0.25) is 0 Å². The third-order valence-corrected chi connectivity index (χ3v) is 9.84. The Morgan fingerprint density at radius 1 is 1.17 bits per heavy atom. The highest BCUT2D eigenvalue weighted by Gasteiger charge is 2.43. The van der Waals surface area contributed by atoms with Crippen LogP contribution in [0.3, 0.4) is 0 Å². The summed E-state index contributed by atoms with van der Waals surface area (Å²) in [6.45, 7) is 4.66. The number of piperazine rings is 1. The van der Waals surface area contributed by atoms with Crippen molar-refractivity contribution in [1.82, 2.24) is 20.1 Å². The molecule has 2 aromatic carbocycles. The number of nitrogens with one attached hydrogen (secondary N) is 1. The highest BCUT2D eigenvalue weighted by Crippen LogP contribution is 2.38. The van der Waals surface area contributed by atoms with E-state index in [1.54, 1.807) is 16.5 Å². The number of amides is 2. The molecule has 0 aliphatic carbocycles. The van der Waals surface area contributed by atoms with Crippen LogP contribution >= 0.6 is 22.9 Å². The lowest BCUT2D eigenvalue weighted by Gasteiger charge is -2.38. The topological polar surface area (TPSA) is 128 Å². The first-order chi connectivity index (χ1) is 22.4. The number of carbonyl (C=O) groups is 3. The minimum absolute atomic E-state index is 0.0776. The minimum atomic E-state index is -1.30. The summed E-state index contributed by atoms with van der Waals surface area (Å²) in [6, 6.07) is 6.52. The maximum absolute atomic E-state index is 15.3. The average molecular weight is 685 g/mol. The van der Waals surface area contributed by atoms with E-state index in [0.717, 1.165) is 6.07 Å². The number of aliphatic carboxylic acids is 1. The average Bonchev–Trinajstić information content (AvgIpc) is 3.69. The van der Waals surface area contributed by atoms with Gasteiger partial charge in [0.05, 0.1) is 29.8 Å². The molecule has 1 aromatic heterocycles. The molecular formula is C32H31ClF2N6O5S. The predicted molar refractivity (Wildman–Crippen MR) is 172 cm³/mol. The van der Waals surface area contributed by atoms with E-state index in [2.05, 4.69) is 15.2 Å². The number of carboxylic acids is 1. The molecule has 11 nitrogen and oxygen atoms in total. The zero-order valence-corrected chi connectivity index (χ0v) is 27.2. The molecule has 15 heteroatoms. The van der Waals surface area contributed by atoms with Gasteiger partial charge in [-0.15, -0.1) is 11.3 Å². The Morgan fingerprint density at radius 3 is 2.62 bits per heavy atom. The molecule has 47 heavy (non-hydrogen) atoms. The van der Waals surface area contributed by atoms with Gasteiger partial charge in [-0.25, -0.2) is 23.4 Å². The van der Waals surface area contributed by atoms with Gasteiger partial charge in [-0.3, -0.25) is 19.6 Å². The molecule has 2 N–H and O–H groups in total. The van der Waals surface area contributed by atoms with Gasteiger partial charge in [0.25, 0.3) is 0 Å². The molecular weight excluding hydrogens is 654 g/mol. The number of aliphatic imine (C=N–C) groups is 1. The van der Waals surface area contributed by atoms with Gasteiger partial charge in [-0.05, 0) is 43.7 Å². The Bertz CT molecular complexity index is 1820. The molecule has 0 radical (unpaired) electrons. The maximum Gasteiger partial charge on any atom is 0.338 e. The standard InChI is InChI=1S/C32H31ClF2N6O5S/c1-32(2,30(43)44)17-4-7-24(22(35)12-17)41-15-19-14-39(9-10-40(19)31(41)45)16-23-25(29(42)46-3)26(20-6-5-18(34)13-21(20)33)38-27(37-23)28-36-8-11-47-28/h4-8,11-13,19,26H,9-10,14-16H2,1-3H3,(H,37,38)(H,43,44). The molecule has 0 bridgehead atoms. The number of benzene rings is 2. The fourth-order valence-corrected chi connectivity index (χ4v) is 6.90. The van der Waals surface area contributed by atoms with Crippen LogP contribution in [0.2, 0.25) is 5.02 Å². The number of thiazole rings is 1. The van der Waals surface area contributed by atoms with Crippen molar-refractivity contribution in [2.24, 2.45) is 4.99 Å². The second-order valence-electron chi connectivity index (χ2n) is 12.0. The van der Waals surface area contributed by atoms with Crippen molar-refractivity contribution in [3.05, 3.63) is 92.0 Å². The smallest absolute Gasteiger partial charge is 0.338 e. The summed E-state index contributed by atoms with van der Waals surface area (Å²) in [7, 11) is 1.27. The van der Waals surface area contributed by atoms with Gasteiger partial charge in [-0.2, -0.15) is 0 Å². The second kappa shape index (κ2) is 12.7. The Hall–Kier alpha value is -4.40. The van der Waals surface area contributed by atoms with E-state index >= 15 is 4.39 Å². The molecule has 3 aliphatic heterocycles. The van der Waals surface area contributed by atoms with E-state index in [1.165, 1.54) is 67.5 Å². The van der Waals surface area contributed by atoms with Crippen LogP contribution < -0.4 is 10.2 Å². The van der Waals surface area contributed by atoms with E-state index in [1.807, 2.05) is 0 Å². The van der Waals surface area contributed by atoms with Crippen molar-refractivity contribution in [3.63, 3.8) is 0 Å². The summed E-state index contributed by atoms with van der Waals surface area (Å²) in [6.07, 6.45) is 1.63. The van der Waals surface area contributed by atoms with Crippen LogP contribution in [0.5, 0.6) is 0 Å². The summed E-state index contributed by atoms with van der Waals surface area (Å²) >= 11 is 7.81. The van der Waals surface area contributed by atoms with E-state index in [9.17, 15) is 23.9 Å². The fourth-order valence-electron chi connectivity index (χ4n) is 6.05. The number of halogens is 3. The largest absolute Gasteiger partial charge is 0.481 e. The Balaban J connectivity index is 1.27. The number of rotatable bonds is 8. The Kier molecular flexibility index (Phi) is 8.76. The van der Waals surface area contributed by atoms with Gasteiger partial charge in [0.1, 0.15) is 17.7 Å². The summed E-state index contributed by atoms with van der Waals surface area (Å²) < 4.78 is 34.5. The van der Waals surface area contributed by atoms with Gasteiger partial charge in [-0.1, -0.05) is 23.7 Å². The highest BCUT2D eigenvalue weighted by molar-refractivity contribution is 7.11. The van der Waals surface area contributed by atoms with Gasteiger partial charge in [0, 0.05) is 60.6 Å². The van der Waals surface area contributed by atoms with Crippen LogP contribution in [0.1, 0.15) is 36.0 Å². The van der Waals surface area contributed by atoms with Gasteiger partial charge >= 0.3 is 18.0 Å². The van der Waals surface area contributed by atoms with Crippen LogP contribution in [-0.4, -0.2) is 89.6 Å². The lowest BCUT2D eigenvalue weighted by molar-refractivity contribution is -0.142. The number of ether oxygens (including phenoxy) is 1. The molecule has 2 atom stereocenters. The number of hydrogen-bond donors (Lipinski definition) is 2. The van der Waals surface area contributed by atoms with Crippen molar-refractivity contribution in [1.29, 1.82) is 0 Å². The summed E-state index contributed by atoms with van der Waals surface area (Å²) in [5.41, 5.74) is 0.191. The first-order valence-corrected chi connectivity index (χ1v) is 16.0. The van der Waals surface area contributed by atoms with Gasteiger partial charge in [0.15, 0.2) is 10.8 Å². The quantitative estimate of drug-likeness (QED) is 0.330. The van der Waals surface area contributed by atoms with E-state index in [0.29, 0.717) is 41.7 Å². The second-order valence-corrected chi connectivity index (χ2v) is 13.3. The first kappa shape index (κ1) is 32.5. The number of carboxylic acid groups (broad SMARTS) is 1. The molecule has 3 aliphatic rings. The van der Waals surface area contributed by atoms with Crippen molar-refractivity contribution in [3.8, 4) is 0 Å². The number of nitrogens with zero attached hydrogens (tertiary/aromatic N) is 5. The number of fused-ring (bicyclic) bond motifs is 1. The van der Waals surface area contributed by atoms with Crippen molar-refractivity contribution in [2.45, 2.75) is 31.3 Å². The third kappa shape index (κ3) is 6.08. The summed E-state index contributed by atoms with van der Waals surface area (Å²) in [5.74, 6) is -2.52. The third-order valence-electron chi connectivity index (χ3n) is 8.74. The molecule has 2 saturated heterocycles. The van der Waals surface area contributed by atoms with Crippen LogP contribution in [-0.2, 0) is 19.7 Å². The molecule has 2 fully saturated rings. The molecule has 0 saturated carbocycles. The molecule has 6 rings (SSSR count). The van der Waals surface area contributed by atoms with Crippen molar-refractivity contribution >= 4 is 52.4 Å². The monoisotopic (exact) mass is 684 g/mol. The van der Waals surface area contributed by atoms with Crippen LogP contribution in [0.15, 0.2) is 64.2 Å². The Morgan fingerprint density at radius 2 is 1.96 bits per heavy atom. The van der Waals surface area contributed by atoms with E-state index < -0.39 is 35.0 Å². The SMILES string of the molecule is COC(=O)C1=C(CN2CCN3C(=O)N(c4ccc(C(C)(C)C(=O)O)cc4F)CC3C2)NC(c2nccs2)=NC1c1ccc(F)cc1Cl. The number of methoxy groups -OCH3 is 1. The van der Waals surface area contributed by atoms with Gasteiger partial charge < -0.3 is 20.1 Å². The normalized spacial score (nSPS) is 20.2. The number of amidine groups is 1. The molecule has 2 amide bonds. The zero-order chi connectivity index (χ0) is 33.6. The summed E-state index contributed by atoms with van der Waals surface area (Å²) in [4.78, 5) is 52.7. The van der Waals surface area contributed by atoms with Crippen LogP contribution in [0.4, 0.5) is 19.3 Å². The zero-order valence-electron chi connectivity index (χ0n) is 25.7. The number of urea groups is 1. The molecule has 2 unspecified atom stereocenters.